The molecule has 4 aromatic heterocycles. The van der Waals surface area contributed by atoms with Gasteiger partial charge in [0.2, 0.25) is 0 Å². The molecule has 6 nitrogen and oxygen atoms in total. The third-order valence-electron chi connectivity index (χ3n) is 3.67. The zero-order chi connectivity index (χ0) is 15.3. The summed E-state index contributed by atoms with van der Waals surface area (Å²) >= 11 is 1.36. The zero-order valence-electron chi connectivity index (χ0n) is 12.0. The normalized spacial score (nSPS) is 11.5. The summed E-state index contributed by atoms with van der Waals surface area (Å²) in [4.78, 5) is 18.0. The molecule has 0 saturated carbocycles. The first-order valence-corrected chi connectivity index (χ1v) is 7.62. The molecule has 0 aliphatic heterocycles. The molecule has 4 aromatic rings. The molecule has 22 heavy (non-hydrogen) atoms. The lowest BCUT2D eigenvalue weighted by molar-refractivity contribution is 0.465. The molecular weight excluding hydrogens is 300 g/mol. The highest BCUT2D eigenvalue weighted by atomic mass is 32.1. The van der Waals surface area contributed by atoms with Crippen LogP contribution in [0.3, 0.4) is 0 Å². The van der Waals surface area contributed by atoms with E-state index in [9.17, 15) is 4.79 Å². The van der Waals surface area contributed by atoms with Gasteiger partial charge in [-0.3, -0.25) is 4.79 Å². The van der Waals surface area contributed by atoms with Crippen LogP contribution in [0, 0.1) is 13.8 Å². The number of hydrogen-bond donors (Lipinski definition) is 0. The van der Waals surface area contributed by atoms with Gasteiger partial charge in [0, 0.05) is 11.1 Å². The Hall–Kier alpha value is -2.54. The summed E-state index contributed by atoms with van der Waals surface area (Å²) in [6.45, 7) is 4.23. The average Bonchev–Trinajstić information content (AvgIpc) is 3.11. The van der Waals surface area contributed by atoms with Gasteiger partial charge in [0.15, 0.2) is 0 Å². The largest absolute Gasteiger partial charge is 0.467 e. The van der Waals surface area contributed by atoms with Crippen LogP contribution in [0.25, 0.3) is 20.4 Å². The van der Waals surface area contributed by atoms with Crippen molar-refractivity contribution in [3.8, 4) is 0 Å². The molecule has 0 aromatic carbocycles. The summed E-state index contributed by atoms with van der Waals surface area (Å²) in [5.74, 6) is 0.668. The smallest absolute Gasteiger partial charge is 0.288 e. The molecule has 0 saturated heterocycles. The number of fused-ring (bicyclic) bond motifs is 3. The van der Waals surface area contributed by atoms with E-state index >= 15 is 0 Å². The van der Waals surface area contributed by atoms with Crippen LogP contribution in [-0.4, -0.2) is 20.0 Å². The fraction of sp³-hybridized carbons (Fsp3) is 0.200. The van der Waals surface area contributed by atoms with E-state index in [2.05, 4.69) is 15.3 Å². The average molecular weight is 312 g/mol. The summed E-state index contributed by atoms with van der Waals surface area (Å²) < 4.78 is 7.15. The van der Waals surface area contributed by atoms with Crippen molar-refractivity contribution in [2.24, 2.45) is 0 Å². The van der Waals surface area contributed by atoms with Gasteiger partial charge in [0.1, 0.15) is 27.4 Å². The van der Waals surface area contributed by atoms with Crippen molar-refractivity contribution in [2.75, 3.05) is 0 Å². The van der Waals surface area contributed by atoms with Crippen molar-refractivity contribution < 1.29 is 4.42 Å². The van der Waals surface area contributed by atoms with Crippen molar-refractivity contribution in [1.82, 2.24) is 20.0 Å². The van der Waals surface area contributed by atoms with Crippen molar-refractivity contribution in [2.45, 2.75) is 20.4 Å². The number of thiophene rings is 1. The predicted molar refractivity (Wildman–Crippen MR) is 84.3 cm³/mol. The standard InChI is InChI=1S/C15H12N4O2S/c1-8-6-11-12-13(22-14(11)16-9(8)2)15(20)19(18-17-12)7-10-4-3-5-21-10/h3-6H,7H2,1-2H3. The van der Waals surface area contributed by atoms with Crippen LogP contribution in [0.4, 0.5) is 0 Å². The van der Waals surface area contributed by atoms with Crippen LogP contribution in [0.1, 0.15) is 17.0 Å². The minimum absolute atomic E-state index is 0.167. The second-order valence-corrected chi connectivity index (χ2v) is 6.15. The van der Waals surface area contributed by atoms with Crippen LogP contribution in [0.15, 0.2) is 33.7 Å². The molecular formula is C15H12N4O2S. The van der Waals surface area contributed by atoms with Crippen LogP contribution in [0.5, 0.6) is 0 Å². The van der Waals surface area contributed by atoms with Crippen molar-refractivity contribution in [1.29, 1.82) is 0 Å². The summed E-state index contributed by atoms with van der Waals surface area (Å²) in [5.41, 5.74) is 2.49. The van der Waals surface area contributed by atoms with E-state index in [0.717, 1.165) is 21.5 Å². The van der Waals surface area contributed by atoms with Crippen LogP contribution >= 0.6 is 11.3 Å². The molecule has 0 radical (unpaired) electrons. The number of hydrogen-bond acceptors (Lipinski definition) is 6. The Kier molecular flexibility index (Phi) is 2.83. The highest BCUT2D eigenvalue weighted by molar-refractivity contribution is 7.25. The molecule has 7 heteroatoms. The summed E-state index contributed by atoms with van der Waals surface area (Å²) in [6, 6.07) is 5.60. The molecule has 0 amide bonds. The van der Waals surface area contributed by atoms with E-state index in [1.807, 2.05) is 19.9 Å². The Morgan fingerprint density at radius 1 is 1.36 bits per heavy atom. The van der Waals surface area contributed by atoms with E-state index in [-0.39, 0.29) is 12.1 Å². The molecule has 0 bridgehead atoms. The monoisotopic (exact) mass is 312 g/mol. The minimum Gasteiger partial charge on any atom is -0.467 e. The first kappa shape index (κ1) is 13.1. The van der Waals surface area contributed by atoms with E-state index in [1.165, 1.54) is 16.0 Å². The van der Waals surface area contributed by atoms with E-state index in [4.69, 9.17) is 4.42 Å². The number of furan rings is 1. The number of pyridine rings is 1. The Balaban J connectivity index is 1.95. The minimum atomic E-state index is -0.167. The number of rotatable bonds is 2. The second kappa shape index (κ2) is 4.74. The van der Waals surface area contributed by atoms with Crippen molar-refractivity contribution >= 4 is 31.8 Å². The van der Waals surface area contributed by atoms with E-state index in [0.29, 0.717) is 16.0 Å². The van der Waals surface area contributed by atoms with Crippen molar-refractivity contribution in [3.05, 3.63) is 51.8 Å². The third kappa shape index (κ3) is 1.93. The van der Waals surface area contributed by atoms with Gasteiger partial charge in [-0.25, -0.2) is 9.67 Å². The zero-order valence-corrected chi connectivity index (χ0v) is 12.8. The molecule has 0 fully saturated rings. The van der Waals surface area contributed by atoms with Gasteiger partial charge in [0.05, 0.1) is 6.26 Å². The molecule has 0 aliphatic carbocycles. The number of nitrogens with zero attached hydrogens (tertiary/aromatic N) is 4. The number of aromatic nitrogens is 4. The first-order valence-electron chi connectivity index (χ1n) is 6.80. The van der Waals surface area contributed by atoms with E-state index < -0.39 is 0 Å². The van der Waals surface area contributed by atoms with Gasteiger partial charge in [-0.2, -0.15) is 0 Å². The summed E-state index contributed by atoms with van der Waals surface area (Å²) in [6.07, 6.45) is 1.57. The Bertz CT molecular complexity index is 1050. The third-order valence-corrected chi connectivity index (χ3v) is 4.74. The molecule has 110 valence electrons. The molecule has 0 N–H and O–H groups in total. The predicted octanol–water partition coefficient (Wildman–Crippen LogP) is 2.66. The molecule has 0 spiro atoms. The molecule has 0 atom stereocenters. The van der Waals surface area contributed by atoms with Gasteiger partial charge in [-0.15, -0.1) is 16.4 Å². The fourth-order valence-corrected chi connectivity index (χ4v) is 3.43. The highest BCUT2D eigenvalue weighted by Gasteiger charge is 2.15. The van der Waals surface area contributed by atoms with Gasteiger partial charge in [-0.05, 0) is 37.6 Å². The van der Waals surface area contributed by atoms with Crippen LogP contribution in [-0.2, 0) is 6.54 Å². The quantitative estimate of drug-likeness (QED) is 0.569. The fourth-order valence-electron chi connectivity index (χ4n) is 2.35. The summed E-state index contributed by atoms with van der Waals surface area (Å²) in [7, 11) is 0. The molecule has 0 aliphatic rings. The molecule has 0 unspecified atom stereocenters. The van der Waals surface area contributed by atoms with Gasteiger partial charge in [0.25, 0.3) is 5.56 Å². The van der Waals surface area contributed by atoms with Crippen LogP contribution < -0.4 is 5.56 Å². The van der Waals surface area contributed by atoms with Gasteiger partial charge < -0.3 is 4.42 Å². The SMILES string of the molecule is Cc1cc2c(nc1C)sc1c(=O)n(Cc3ccco3)nnc12. The highest BCUT2D eigenvalue weighted by Crippen LogP contribution is 2.29. The van der Waals surface area contributed by atoms with Gasteiger partial charge >= 0.3 is 0 Å². The topological polar surface area (TPSA) is 73.8 Å². The van der Waals surface area contributed by atoms with Crippen molar-refractivity contribution in [3.63, 3.8) is 0 Å². The second-order valence-electron chi connectivity index (χ2n) is 5.15. The van der Waals surface area contributed by atoms with Crippen LogP contribution in [0.2, 0.25) is 0 Å². The lowest BCUT2D eigenvalue weighted by Gasteiger charge is -2.00. The first-order chi connectivity index (χ1) is 10.6. The maximum Gasteiger partial charge on any atom is 0.288 e. The Labute approximate surface area is 129 Å². The lowest BCUT2D eigenvalue weighted by Crippen LogP contribution is -2.23. The maximum absolute atomic E-state index is 12.6. The van der Waals surface area contributed by atoms with Gasteiger partial charge in [-0.1, -0.05) is 5.21 Å². The lowest BCUT2D eigenvalue weighted by atomic mass is 10.2. The Morgan fingerprint density at radius 2 is 2.23 bits per heavy atom. The molecule has 4 heterocycles. The summed E-state index contributed by atoms with van der Waals surface area (Å²) in [5, 5.41) is 9.14. The maximum atomic E-state index is 12.6. The Morgan fingerprint density at radius 3 is 3.00 bits per heavy atom. The van der Waals surface area contributed by atoms with E-state index in [1.54, 1.807) is 18.4 Å². The number of aryl methyl sites for hydroxylation is 2. The molecule has 4 rings (SSSR count).